The summed E-state index contributed by atoms with van der Waals surface area (Å²) in [7, 11) is 0. The van der Waals surface area contributed by atoms with E-state index in [1.165, 1.54) is 11.1 Å². The van der Waals surface area contributed by atoms with Crippen molar-refractivity contribution in [3.8, 4) is 23.4 Å². The van der Waals surface area contributed by atoms with Gasteiger partial charge in [-0.3, -0.25) is 0 Å². The standard InChI is InChI=1S/C49H46N5O.Pt/c1-47(2,3)33-21-22-51-45(27-33)54-41-18-11-10-17-40(41)46-32(30-50)23-39(29-44(46)54)55-38-16-14-15-36(28-38)52-31-53(43-20-13-12-19-42(43)52)37-25-34(48(4,5)6)24-35(26-37)49(7,8)9;/h10-27,31H,1-9H3;/q-3;. The Hall–Kier alpha value is -5.37. The van der Waals surface area contributed by atoms with Gasteiger partial charge in [-0.05, 0) is 86.3 Å². The molecule has 0 saturated carbocycles. The van der Waals surface area contributed by atoms with Gasteiger partial charge in [0, 0.05) is 61.3 Å². The van der Waals surface area contributed by atoms with Crippen molar-refractivity contribution in [1.29, 1.82) is 5.26 Å². The van der Waals surface area contributed by atoms with E-state index in [0.29, 0.717) is 17.1 Å². The van der Waals surface area contributed by atoms with Crippen molar-refractivity contribution in [2.24, 2.45) is 0 Å². The summed E-state index contributed by atoms with van der Waals surface area (Å²) in [5.74, 6) is 1.70. The third kappa shape index (κ3) is 7.10. The third-order valence-corrected chi connectivity index (χ3v) is 10.4. The van der Waals surface area contributed by atoms with E-state index in [-0.39, 0.29) is 37.3 Å². The molecule has 7 aromatic rings. The molecular formula is C49H46N5OPt-3. The first-order chi connectivity index (χ1) is 26.1. The predicted octanol–water partition coefficient (Wildman–Crippen LogP) is 12.7. The number of benzene rings is 5. The number of nitrogens with zero attached hydrogens (tertiary/aromatic N) is 5. The average molecular weight is 916 g/mol. The SMILES string of the molecule is CC(C)(C)c1cc(N2[CH-]N(c3[c-]c(Oc4[c-]c5c(c(C#N)c4)c4ccccc4n5-c4cc(C(C)(C)C)ccn4)ccc3)c3ccccc32)cc(C(C)(C)C)c1.[Pt]. The van der Waals surface area contributed by atoms with Crippen molar-refractivity contribution in [3.05, 3.63) is 150 Å². The molecule has 0 radical (unpaired) electrons. The number of rotatable bonds is 5. The molecule has 0 fully saturated rings. The van der Waals surface area contributed by atoms with E-state index < -0.39 is 0 Å². The van der Waals surface area contributed by atoms with Crippen LogP contribution in [0.3, 0.4) is 0 Å². The van der Waals surface area contributed by atoms with Crippen LogP contribution in [0.2, 0.25) is 0 Å². The predicted molar refractivity (Wildman–Crippen MR) is 225 cm³/mol. The van der Waals surface area contributed by atoms with E-state index in [4.69, 9.17) is 9.72 Å². The number of hydrogen-bond donors (Lipinski definition) is 0. The number of anilines is 4. The molecule has 0 N–H and O–H groups in total. The number of aromatic nitrogens is 2. The van der Waals surface area contributed by atoms with Crippen LogP contribution in [0.1, 0.15) is 84.6 Å². The molecule has 0 amide bonds. The van der Waals surface area contributed by atoms with Crippen LogP contribution in [0.25, 0.3) is 27.6 Å². The van der Waals surface area contributed by atoms with Gasteiger partial charge < -0.3 is 19.1 Å². The number of ether oxygens (including phenoxy) is 1. The zero-order valence-corrected chi connectivity index (χ0v) is 35.7. The van der Waals surface area contributed by atoms with Crippen molar-refractivity contribution < 1.29 is 25.8 Å². The Morgan fingerprint density at radius 2 is 1.30 bits per heavy atom. The molecule has 2 aromatic heterocycles. The molecular weight excluding hydrogens is 870 g/mol. The quantitative estimate of drug-likeness (QED) is 0.161. The monoisotopic (exact) mass is 915 g/mol. The summed E-state index contributed by atoms with van der Waals surface area (Å²) in [4.78, 5) is 9.22. The first-order valence-corrected chi connectivity index (χ1v) is 18.9. The fourth-order valence-corrected chi connectivity index (χ4v) is 7.26. The Balaban J connectivity index is 0.00000480. The van der Waals surface area contributed by atoms with Crippen molar-refractivity contribution in [2.75, 3.05) is 9.80 Å². The van der Waals surface area contributed by atoms with Crippen molar-refractivity contribution in [1.82, 2.24) is 9.55 Å². The van der Waals surface area contributed by atoms with Crippen LogP contribution in [0, 0.1) is 30.1 Å². The van der Waals surface area contributed by atoms with Gasteiger partial charge >= 0.3 is 0 Å². The molecule has 0 saturated heterocycles. The van der Waals surface area contributed by atoms with Crippen LogP contribution in [0.15, 0.2) is 109 Å². The zero-order chi connectivity index (χ0) is 38.9. The van der Waals surface area contributed by atoms with Gasteiger partial charge in [0.25, 0.3) is 0 Å². The first kappa shape index (κ1) is 38.9. The van der Waals surface area contributed by atoms with Gasteiger partial charge in [-0.2, -0.15) is 11.3 Å². The van der Waals surface area contributed by atoms with Crippen LogP contribution < -0.4 is 14.5 Å². The molecule has 1 aliphatic rings. The van der Waals surface area contributed by atoms with Gasteiger partial charge in [-0.25, -0.2) is 4.98 Å². The molecule has 5 aromatic carbocycles. The number of fused-ring (bicyclic) bond motifs is 4. The Morgan fingerprint density at radius 3 is 1.96 bits per heavy atom. The van der Waals surface area contributed by atoms with Gasteiger partial charge in [-0.1, -0.05) is 110 Å². The summed E-state index contributed by atoms with van der Waals surface area (Å²) in [6.45, 7) is 22.3. The van der Waals surface area contributed by atoms with Crippen LogP contribution in [-0.2, 0) is 37.3 Å². The second kappa shape index (κ2) is 14.3. The van der Waals surface area contributed by atoms with Crippen molar-refractivity contribution in [3.63, 3.8) is 0 Å². The fourth-order valence-electron chi connectivity index (χ4n) is 7.26. The first-order valence-electron chi connectivity index (χ1n) is 18.9. The summed E-state index contributed by atoms with van der Waals surface area (Å²) in [5, 5.41) is 12.3. The van der Waals surface area contributed by atoms with Crippen LogP contribution in [0.5, 0.6) is 11.5 Å². The largest absolute Gasteiger partial charge is 0.509 e. The summed E-state index contributed by atoms with van der Waals surface area (Å²) in [6, 6.07) is 44.9. The minimum Gasteiger partial charge on any atom is -0.509 e. The van der Waals surface area contributed by atoms with Crippen LogP contribution in [-0.4, -0.2) is 9.55 Å². The normalized spacial score (nSPS) is 13.1. The van der Waals surface area contributed by atoms with E-state index in [1.54, 1.807) is 6.07 Å². The molecule has 8 rings (SSSR count). The molecule has 286 valence electrons. The van der Waals surface area contributed by atoms with Crippen LogP contribution in [0.4, 0.5) is 22.7 Å². The summed E-state index contributed by atoms with van der Waals surface area (Å²) >= 11 is 0. The maximum absolute atomic E-state index is 10.5. The molecule has 3 heterocycles. The average Bonchev–Trinajstić information content (AvgIpc) is 3.70. The Morgan fingerprint density at radius 1 is 0.661 bits per heavy atom. The molecule has 0 atom stereocenters. The second-order valence-electron chi connectivity index (χ2n) is 17.5. The molecule has 0 aliphatic carbocycles. The molecule has 0 unspecified atom stereocenters. The number of nitriles is 1. The van der Waals surface area contributed by atoms with Gasteiger partial charge in [0.15, 0.2) is 0 Å². The number of pyridine rings is 1. The molecule has 7 heteroatoms. The summed E-state index contributed by atoms with van der Waals surface area (Å²) in [5.41, 5.74) is 9.92. The van der Waals surface area contributed by atoms with E-state index >= 15 is 0 Å². The van der Waals surface area contributed by atoms with Crippen molar-refractivity contribution in [2.45, 2.75) is 78.6 Å². The van der Waals surface area contributed by atoms with E-state index in [1.807, 2.05) is 42.6 Å². The fraction of sp³-hybridized carbons (Fsp3) is 0.245. The Labute approximate surface area is 345 Å². The topological polar surface area (TPSA) is 57.3 Å². The maximum Gasteiger partial charge on any atom is 0.135 e. The third-order valence-electron chi connectivity index (χ3n) is 10.4. The van der Waals surface area contributed by atoms with E-state index in [9.17, 15) is 5.26 Å². The van der Waals surface area contributed by atoms with Gasteiger partial charge in [0.2, 0.25) is 0 Å². The molecule has 0 spiro atoms. The summed E-state index contributed by atoms with van der Waals surface area (Å²) < 4.78 is 8.63. The number of hydrogen-bond acceptors (Lipinski definition) is 5. The summed E-state index contributed by atoms with van der Waals surface area (Å²) in [6.07, 6.45) is 1.85. The zero-order valence-electron chi connectivity index (χ0n) is 33.4. The smallest absolute Gasteiger partial charge is 0.135 e. The van der Waals surface area contributed by atoms with Crippen LogP contribution >= 0.6 is 0 Å². The Kier molecular flexibility index (Phi) is 9.92. The maximum atomic E-state index is 10.5. The second-order valence-corrected chi connectivity index (χ2v) is 17.5. The Bertz CT molecular complexity index is 2620. The molecule has 1 aliphatic heterocycles. The van der Waals surface area contributed by atoms with Crippen molar-refractivity contribution >= 4 is 44.6 Å². The molecule has 56 heavy (non-hydrogen) atoms. The van der Waals surface area contributed by atoms with E-state index in [2.05, 4.69) is 162 Å². The van der Waals surface area contributed by atoms with Gasteiger partial charge in [-0.15, -0.1) is 42.7 Å². The molecule has 0 bridgehead atoms. The van der Waals surface area contributed by atoms with Gasteiger partial charge in [0.1, 0.15) is 5.82 Å². The number of para-hydroxylation sites is 3. The molecule has 6 nitrogen and oxygen atoms in total. The van der Waals surface area contributed by atoms with E-state index in [0.717, 1.165) is 55.9 Å². The minimum absolute atomic E-state index is 0. The van der Waals surface area contributed by atoms with Gasteiger partial charge in [0.05, 0.1) is 6.07 Å². The minimum atomic E-state index is -0.0662.